The summed E-state index contributed by atoms with van der Waals surface area (Å²) in [7, 11) is 0. The van der Waals surface area contributed by atoms with Gasteiger partial charge in [-0.2, -0.15) is 0 Å². The van der Waals surface area contributed by atoms with Crippen LogP contribution in [0.4, 0.5) is 4.79 Å². The van der Waals surface area contributed by atoms with Crippen LogP contribution < -0.4 is 10.6 Å². The van der Waals surface area contributed by atoms with Crippen molar-refractivity contribution >= 4 is 12.0 Å². The van der Waals surface area contributed by atoms with Crippen molar-refractivity contribution in [3.05, 3.63) is 18.7 Å². The van der Waals surface area contributed by atoms with Gasteiger partial charge < -0.3 is 20.3 Å². The van der Waals surface area contributed by atoms with Crippen LogP contribution in [0.2, 0.25) is 0 Å². The molecule has 1 aromatic heterocycles. The summed E-state index contributed by atoms with van der Waals surface area (Å²) in [6, 6.07) is -0.157. The van der Waals surface area contributed by atoms with Crippen molar-refractivity contribution in [2.24, 2.45) is 0 Å². The third-order valence-electron chi connectivity index (χ3n) is 3.04. The zero-order valence-corrected chi connectivity index (χ0v) is 12.3. The average Bonchev–Trinajstić information content (AvgIpc) is 2.95. The lowest BCUT2D eigenvalue weighted by Crippen LogP contribution is -2.36. The van der Waals surface area contributed by atoms with E-state index in [1.165, 1.54) is 0 Å². The minimum absolute atomic E-state index is 0.157. The van der Waals surface area contributed by atoms with Gasteiger partial charge in [-0.1, -0.05) is 6.42 Å². The smallest absolute Gasteiger partial charge is 0.314 e. The predicted octanol–water partition coefficient (Wildman–Crippen LogP) is 1.61. The van der Waals surface area contributed by atoms with Gasteiger partial charge in [-0.25, -0.2) is 9.78 Å². The number of urea groups is 1. The molecule has 0 atom stereocenters. The Morgan fingerprint density at radius 3 is 2.38 bits per heavy atom. The van der Waals surface area contributed by atoms with Crippen molar-refractivity contribution in [3.8, 4) is 0 Å². The second-order valence-corrected chi connectivity index (χ2v) is 4.89. The molecule has 7 nitrogen and oxygen atoms in total. The lowest BCUT2D eigenvalue weighted by Gasteiger charge is -2.07. The molecule has 7 heteroatoms. The van der Waals surface area contributed by atoms with Crippen molar-refractivity contribution in [2.75, 3.05) is 13.1 Å². The number of nitrogens with zero attached hydrogens (tertiary/aromatic N) is 2. The van der Waals surface area contributed by atoms with E-state index in [2.05, 4.69) is 15.6 Å². The fourth-order valence-electron chi connectivity index (χ4n) is 1.88. The van der Waals surface area contributed by atoms with Crippen LogP contribution in [-0.2, 0) is 11.3 Å². The van der Waals surface area contributed by atoms with E-state index >= 15 is 0 Å². The molecule has 3 N–H and O–H groups in total. The fraction of sp³-hybridized carbons (Fsp3) is 0.643. The maximum absolute atomic E-state index is 11.4. The van der Waals surface area contributed by atoms with Gasteiger partial charge in [-0.05, 0) is 25.7 Å². The average molecular weight is 296 g/mol. The normalized spacial score (nSPS) is 10.3. The van der Waals surface area contributed by atoms with Crippen LogP contribution in [0.3, 0.4) is 0 Å². The van der Waals surface area contributed by atoms with Crippen LogP contribution in [0.1, 0.15) is 38.5 Å². The molecule has 0 saturated carbocycles. The molecule has 0 aliphatic heterocycles. The summed E-state index contributed by atoms with van der Waals surface area (Å²) < 4.78 is 2.01. The fourth-order valence-corrected chi connectivity index (χ4v) is 1.88. The Kier molecular flexibility index (Phi) is 8.67. The Bertz CT molecular complexity index is 406. The van der Waals surface area contributed by atoms with Gasteiger partial charge in [0.15, 0.2) is 0 Å². The largest absolute Gasteiger partial charge is 0.481 e. The van der Waals surface area contributed by atoms with Gasteiger partial charge in [-0.3, -0.25) is 4.79 Å². The van der Waals surface area contributed by atoms with Gasteiger partial charge in [0, 0.05) is 38.4 Å². The highest BCUT2D eigenvalue weighted by atomic mass is 16.4. The zero-order valence-electron chi connectivity index (χ0n) is 12.3. The minimum Gasteiger partial charge on any atom is -0.481 e. The number of carbonyl (C=O) groups excluding carboxylic acids is 1. The van der Waals surface area contributed by atoms with Crippen LogP contribution in [0.15, 0.2) is 18.7 Å². The number of aromatic nitrogens is 2. The van der Waals surface area contributed by atoms with Gasteiger partial charge >= 0.3 is 12.0 Å². The van der Waals surface area contributed by atoms with Gasteiger partial charge in [0.25, 0.3) is 0 Å². The number of aryl methyl sites for hydroxylation is 1. The lowest BCUT2D eigenvalue weighted by atomic mass is 10.2. The summed E-state index contributed by atoms with van der Waals surface area (Å²) >= 11 is 0. The van der Waals surface area contributed by atoms with E-state index < -0.39 is 5.97 Å². The molecule has 0 saturated heterocycles. The van der Waals surface area contributed by atoms with Crippen LogP contribution in [0.25, 0.3) is 0 Å². The van der Waals surface area contributed by atoms with E-state index in [9.17, 15) is 9.59 Å². The predicted molar refractivity (Wildman–Crippen MR) is 79.0 cm³/mol. The highest BCUT2D eigenvalue weighted by Crippen LogP contribution is 1.98. The first kappa shape index (κ1) is 17.0. The lowest BCUT2D eigenvalue weighted by molar-refractivity contribution is -0.137. The molecule has 1 heterocycles. The summed E-state index contributed by atoms with van der Waals surface area (Å²) in [5.74, 6) is -0.767. The molecular weight excluding hydrogens is 272 g/mol. The van der Waals surface area contributed by atoms with Crippen molar-refractivity contribution in [2.45, 2.75) is 45.1 Å². The number of hydrogen-bond donors (Lipinski definition) is 3. The summed E-state index contributed by atoms with van der Waals surface area (Å²) in [6.45, 7) is 2.15. The highest BCUT2D eigenvalue weighted by Gasteiger charge is 2.00. The van der Waals surface area contributed by atoms with E-state index in [0.29, 0.717) is 19.5 Å². The van der Waals surface area contributed by atoms with Crippen molar-refractivity contribution < 1.29 is 14.7 Å². The number of carbonyl (C=O) groups is 2. The summed E-state index contributed by atoms with van der Waals surface area (Å²) in [5, 5.41) is 14.0. The molecule has 2 amide bonds. The maximum Gasteiger partial charge on any atom is 0.314 e. The molecule has 118 valence electrons. The molecule has 1 rings (SSSR count). The van der Waals surface area contributed by atoms with E-state index in [1.807, 2.05) is 10.8 Å². The highest BCUT2D eigenvalue weighted by molar-refractivity contribution is 5.73. The number of nitrogens with one attached hydrogen (secondary N) is 2. The number of amides is 2. The van der Waals surface area contributed by atoms with Crippen molar-refractivity contribution in [1.29, 1.82) is 0 Å². The van der Waals surface area contributed by atoms with Crippen LogP contribution >= 0.6 is 0 Å². The molecule has 0 bridgehead atoms. The van der Waals surface area contributed by atoms with E-state index in [4.69, 9.17) is 5.11 Å². The van der Waals surface area contributed by atoms with Crippen molar-refractivity contribution in [3.63, 3.8) is 0 Å². The number of imidazole rings is 1. The number of rotatable bonds is 11. The summed E-state index contributed by atoms with van der Waals surface area (Å²) in [4.78, 5) is 25.7. The summed E-state index contributed by atoms with van der Waals surface area (Å²) in [5.41, 5.74) is 0. The van der Waals surface area contributed by atoms with Gasteiger partial charge in [-0.15, -0.1) is 0 Å². The minimum atomic E-state index is -0.767. The Hall–Kier alpha value is -2.05. The Morgan fingerprint density at radius 1 is 1.05 bits per heavy atom. The Balaban J connectivity index is 1.86. The SMILES string of the molecule is O=C(O)CCCCCNC(=O)NCCCCn1ccnc1. The molecule has 0 aliphatic carbocycles. The number of carboxylic acids is 1. The first-order chi connectivity index (χ1) is 10.2. The number of hydrogen-bond acceptors (Lipinski definition) is 3. The standard InChI is InChI=1S/C14H24N4O3/c19-13(20)6-2-1-3-7-16-14(21)17-8-4-5-10-18-11-9-15-12-18/h9,11-12H,1-8,10H2,(H,19,20)(H2,16,17,21). The number of carboxylic acid groups (broad SMARTS) is 1. The molecule has 0 aliphatic rings. The first-order valence-electron chi connectivity index (χ1n) is 7.37. The third-order valence-corrected chi connectivity index (χ3v) is 3.04. The molecule has 0 fully saturated rings. The molecule has 0 unspecified atom stereocenters. The number of unbranched alkanes of at least 4 members (excludes halogenated alkanes) is 3. The Labute approximate surface area is 124 Å². The van der Waals surface area contributed by atoms with Crippen LogP contribution in [0, 0.1) is 0 Å². The zero-order chi connectivity index (χ0) is 15.3. The quantitative estimate of drug-likeness (QED) is 0.540. The molecule has 0 aromatic carbocycles. The monoisotopic (exact) mass is 296 g/mol. The molecule has 1 aromatic rings. The van der Waals surface area contributed by atoms with Crippen LogP contribution in [0.5, 0.6) is 0 Å². The second kappa shape index (κ2) is 10.7. The summed E-state index contributed by atoms with van der Waals surface area (Å²) in [6.07, 6.45) is 9.85. The van der Waals surface area contributed by atoms with E-state index in [1.54, 1.807) is 12.5 Å². The van der Waals surface area contributed by atoms with Gasteiger partial charge in [0.05, 0.1) is 6.33 Å². The van der Waals surface area contributed by atoms with Gasteiger partial charge in [0.1, 0.15) is 0 Å². The van der Waals surface area contributed by atoms with Crippen LogP contribution in [-0.4, -0.2) is 39.7 Å². The topological polar surface area (TPSA) is 96.3 Å². The Morgan fingerprint density at radius 2 is 1.76 bits per heavy atom. The molecular formula is C14H24N4O3. The second-order valence-electron chi connectivity index (χ2n) is 4.89. The van der Waals surface area contributed by atoms with E-state index in [-0.39, 0.29) is 12.5 Å². The molecule has 0 radical (unpaired) electrons. The van der Waals surface area contributed by atoms with E-state index in [0.717, 1.165) is 32.2 Å². The number of aliphatic carboxylic acids is 1. The van der Waals surface area contributed by atoms with Gasteiger partial charge in [0.2, 0.25) is 0 Å². The molecule has 21 heavy (non-hydrogen) atoms. The molecule has 0 spiro atoms. The van der Waals surface area contributed by atoms with Crippen molar-refractivity contribution in [1.82, 2.24) is 20.2 Å². The maximum atomic E-state index is 11.4. The first-order valence-corrected chi connectivity index (χ1v) is 7.37. The third kappa shape index (κ3) is 9.48.